The van der Waals surface area contributed by atoms with Crippen molar-refractivity contribution >= 4 is 34.2 Å². The van der Waals surface area contributed by atoms with Crippen LogP contribution in [0.15, 0.2) is 41.2 Å². The first kappa shape index (κ1) is 18.6. The van der Waals surface area contributed by atoms with Crippen LogP contribution in [0.1, 0.15) is 31.2 Å². The molecule has 0 saturated heterocycles. The standard InChI is InChI=1S/C22H21ClN2O3/c1-3-10-28-20-12-14(4-7-19(20)27-2)11-15-8-9-25-21(15)24-18-13-16(23)5-6-17(18)22(25)26/h4-7,11-13H,3,8-10H2,1-2H3/b15-11+. The number of hydrogen-bond acceptors (Lipinski definition) is 4. The quantitative estimate of drug-likeness (QED) is 0.622. The molecule has 0 atom stereocenters. The summed E-state index contributed by atoms with van der Waals surface area (Å²) in [5, 5.41) is 1.16. The van der Waals surface area contributed by atoms with Gasteiger partial charge in [-0.25, -0.2) is 4.98 Å². The van der Waals surface area contributed by atoms with E-state index >= 15 is 0 Å². The summed E-state index contributed by atoms with van der Waals surface area (Å²) in [6.45, 7) is 3.32. The van der Waals surface area contributed by atoms with E-state index in [-0.39, 0.29) is 5.56 Å². The molecule has 6 heteroatoms. The van der Waals surface area contributed by atoms with Gasteiger partial charge in [-0.15, -0.1) is 0 Å². The molecule has 3 aromatic rings. The Labute approximate surface area is 168 Å². The van der Waals surface area contributed by atoms with Crippen molar-refractivity contribution in [2.75, 3.05) is 13.7 Å². The van der Waals surface area contributed by atoms with Gasteiger partial charge in [-0.3, -0.25) is 9.36 Å². The zero-order valence-electron chi connectivity index (χ0n) is 15.9. The zero-order valence-corrected chi connectivity index (χ0v) is 16.6. The second kappa shape index (κ2) is 7.68. The Bertz CT molecular complexity index is 1130. The van der Waals surface area contributed by atoms with Crippen LogP contribution in [0, 0.1) is 0 Å². The van der Waals surface area contributed by atoms with E-state index in [0.29, 0.717) is 46.4 Å². The summed E-state index contributed by atoms with van der Waals surface area (Å²) >= 11 is 6.09. The Morgan fingerprint density at radius 2 is 2.07 bits per heavy atom. The zero-order chi connectivity index (χ0) is 19.7. The summed E-state index contributed by atoms with van der Waals surface area (Å²) in [4.78, 5) is 17.5. The number of ether oxygens (including phenoxy) is 2. The number of aromatic nitrogens is 2. The van der Waals surface area contributed by atoms with Crippen molar-refractivity contribution in [1.82, 2.24) is 9.55 Å². The maximum atomic E-state index is 12.8. The highest BCUT2D eigenvalue weighted by atomic mass is 35.5. The monoisotopic (exact) mass is 396 g/mol. The topological polar surface area (TPSA) is 53.4 Å². The van der Waals surface area contributed by atoms with Gasteiger partial charge in [0.1, 0.15) is 5.82 Å². The first-order valence-electron chi connectivity index (χ1n) is 9.32. The van der Waals surface area contributed by atoms with Gasteiger partial charge in [0, 0.05) is 11.6 Å². The van der Waals surface area contributed by atoms with Gasteiger partial charge in [0.15, 0.2) is 11.5 Å². The van der Waals surface area contributed by atoms with Crippen LogP contribution in [-0.4, -0.2) is 23.3 Å². The molecule has 2 aromatic carbocycles. The minimum absolute atomic E-state index is 0.0261. The largest absolute Gasteiger partial charge is 0.493 e. The maximum Gasteiger partial charge on any atom is 0.261 e. The molecule has 28 heavy (non-hydrogen) atoms. The summed E-state index contributed by atoms with van der Waals surface area (Å²) in [6, 6.07) is 11.0. The van der Waals surface area contributed by atoms with Gasteiger partial charge < -0.3 is 9.47 Å². The number of halogens is 1. The summed E-state index contributed by atoms with van der Waals surface area (Å²) in [7, 11) is 1.63. The summed E-state index contributed by atoms with van der Waals surface area (Å²) in [5.74, 6) is 2.12. The lowest BCUT2D eigenvalue weighted by Gasteiger charge is -2.11. The molecule has 2 heterocycles. The van der Waals surface area contributed by atoms with E-state index in [1.165, 1.54) is 0 Å². The van der Waals surface area contributed by atoms with Gasteiger partial charge in [0.25, 0.3) is 5.56 Å². The van der Waals surface area contributed by atoms with E-state index < -0.39 is 0 Å². The number of allylic oxidation sites excluding steroid dienone is 1. The molecule has 0 N–H and O–H groups in total. The summed E-state index contributed by atoms with van der Waals surface area (Å²) < 4.78 is 12.9. The molecule has 4 rings (SSSR count). The Hall–Kier alpha value is -2.79. The molecule has 0 amide bonds. The van der Waals surface area contributed by atoms with E-state index in [2.05, 4.69) is 13.0 Å². The van der Waals surface area contributed by atoms with Crippen LogP contribution in [0.5, 0.6) is 11.5 Å². The fourth-order valence-electron chi connectivity index (χ4n) is 3.44. The van der Waals surface area contributed by atoms with Crippen molar-refractivity contribution in [3.63, 3.8) is 0 Å². The third-order valence-electron chi connectivity index (χ3n) is 4.80. The third kappa shape index (κ3) is 3.38. The number of nitrogens with zero attached hydrogens (tertiary/aromatic N) is 2. The number of benzene rings is 2. The molecule has 0 unspecified atom stereocenters. The summed E-state index contributed by atoms with van der Waals surface area (Å²) in [5.41, 5.74) is 2.60. The van der Waals surface area contributed by atoms with Crippen LogP contribution >= 0.6 is 11.6 Å². The molecular formula is C22H21ClN2O3. The Kier molecular flexibility index (Phi) is 5.09. The van der Waals surface area contributed by atoms with E-state index in [1.54, 1.807) is 29.9 Å². The fraction of sp³-hybridized carbons (Fsp3) is 0.273. The lowest BCUT2D eigenvalue weighted by molar-refractivity contribution is 0.294. The van der Waals surface area contributed by atoms with Crippen LogP contribution < -0.4 is 15.0 Å². The van der Waals surface area contributed by atoms with Gasteiger partial charge in [0.05, 0.1) is 24.6 Å². The van der Waals surface area contributed by atoms with Gasteiger partial charge in [-0.2, -0.15) is 0 Å². The van der Waals surface area contributed by atoms with E-state index in [9.17, 15) is 4.79 Å². The molecule has 0 fully saturated rings. The van der Waals surface area contributed by atoms with Crippen molar-refractivity contribution in [3.05, 3.63) is 63.2 Å². The van der Waals surface area contributed by atoms with Gasteiger partial charge in [-0.05, 0) is 60.4 Å². The number of hydrogen-bond donors (Lipinski definition) is 0. The second-order valence-corrected chi connectivity index (χ2v) is 7.17. The molecule has 1 aliphatic heterocycles. The second-order valence-electron chi connectivity index (χ2n) is 6.73. The molecule has 0 bridgehead atoms. The number of fused-ring (bicyclic) bond motifs is 2. The molecule has 0 aliphatic carbocycles. The normalized spacial score (nSPS) is 14.5. The van der Waals surface area contributed by atoms with E-state index in [1.807, 2.05) is 18.2 Å². The summed E-state index contributed by atoms with van der Waals surface area (Å²) in [6.07, 6.45) is 3.73. The van der Waals surface area contributed by atoms with Crippen molar-refractivity contribution in [1.29, 1.82) is 0 Å². The molecule has 144 valence electrons. The highest BCUT2D eigenvalue weighted by Crippen LogP contribution is 2.32. The van der Waals surface area contributed by atoms with Crippen LogP contribution in [0.3, 0.4) is 0 Å². The van der Waals surface area contributed by atoms with Crippen molar-refractivity contribution in [3.8, 4) is 11.5 Å². The predicted octanol–water partition coefficient (Wildman–Crippen LogP) is 4.79. The Morgan fingerprint density at radius 3 is 2.86 bits per heavy atom. The van der Waals surface area contributed by atoms with Crippen LogP contribution in [-0.2, 0) is 6.54 Å². The minimum atomic E-state index is -0.0261. The third-order valence-corrected chi connectivity index (χ3v) is 5.03. The predicted molar refractivity (Wildman–Crippen MR) is 112 cm³/mol. The number of rotatable bonds is 5. The smallest absolute Gasteiger partial charge is 0.261 e. The van der Waals surface area contributed by atoms with Crippen LogP contribution in [0.25, 0.3) is 22.6 Å². The fourth-order valence-corrected chi connectivity index (χ4v) is 3.60. The molecule has 0 radical (unpaired) electrons. The first-order valence-corrected chi connectivity index (χ1v) is 9.70. The average molecular weight is 397 g/mol. The highest BCUT2D eigenvalue weighted by molar-refractivity contribution is 6.31. The first-order chi connectivity index (χ1) is 13.6. The SMILES string of the molecule is CCCOc1cc(/C=C2\CCn3c2nc2cc(Cl)ccc2c3=O)ccc1OC. The Morgan fingerprint density at radius 1 is 1.21 bits per heavy atom. The number of methoxy groups -OCH3 is 1. The minimum Gasteiger partial charge on any atom is -0.493 e. The molecule has 1 aliphatic rings. The highest BCUT2D eigenvalue weighted by Gasteiger charge is 2.21. The molecular weight excluding hydrogens is 376 g/mol. The van der Waals surface area contributed by atoms with Gasteiger partial charge in [0.2, 0.25) is 0 Å². The molecule has 1 aromatic heterocycles. The average Bonchev–Trinajstić information content (AvgIpc) is 3.09. The van der Waals surface area contributed by atoms with Gasteiger partial charge in [-0.1, -0.05) is 24.6 Å². The lowest BCUT2D eigenvalue weighted by atomic mass is 10.1. The van der Waals surface area contributed by atoms with Crippen LogP contribution in [0.2, 0.25) is 5.02 Å². The molecule has 0 saturated carbocycles. The van der Waals surface area contributed by atoms with Crippen molar-refractivity contribution in [2.45, 2.75) is 26.3 Å². The molecule has 0 spiro atoms. The van der Waals surface area contributed by atoms with E-state index in [4.69, 9.17) is 26.1 Å². The van der Waals surface area contributed by atoms with Crippen LogP contribution in [0.4, 0.5) is 0 Å². The van der Waals surface area contributed by atoms with Crippen molar-refractivity contribution < 1.29 is 9.47 Å². The maximum absolute atomic E-state index is 12.8. The van der Waals surface area contributed by atoms with Crippen molar-refractivity contribution in [2.24, 2.45) is 0 Å². The molecule has 5 nitrogen and oxygen atoms in total. The lowest BCUT2D eigenvalue weighted by Crippen LogP contribution is -2.20. The van der Waals surface area contributed by atoms with E-state index in [0.717, 1.165) is 24.0 Å². The Balaban J connectivity index is 1.77. The van der Waals surface area contributed by atoms with Gasteiger partial charge >= 0.3 is 0 Å².